The van der Waals surface area contributed by atoms with Crippen molar-refractivity contribution in [2.45, 2.75) is 53.0 Å². The second kappa shape index (κ2) is 7.86. The third-order valence-electron chi connectivity index (χ3n) is 4.91. The van der Waals surface area contributed by atoms with E-state index in [1.54, 1.807) is 10.6 Å². The number of nitrogens with zero attached hydrogens (tertiary/aromatic N) is 3. The molecule has 0 aliphatic heterocycles. The minimum Gasteiger partial charge on any atom is -0.354 e. The summed E-state index contributed by atoms with van der Waals surface area (Å²) < 4.78 is 15.3. The number of hydrogen-bond donors (Lipinski definition) is 1. The van der Waals surface area contributed by atoms with Crippen LogP contribution in [0, 0.1) is 19.7 Å². The molecule has 0 bridgehead atoms. The van der Waals surface area contributed by atoms with Crippen molar-refractivity contribution in [2.24, 2.45) is 0 Å². The normalized spacial score (nSPS) is 12.3. The van der Waals surface area contributed by atoms with Gasteiger partial charge in [0.25, 0.3) is 0 Å². The topological polar surface area (TPSA) is 59.3 Å². The maximum absolute atomic E-state index is 13.5. The van der Waals surface area contributed by atoms with Crippen molar-refractivity contribution in [3.63, 3.8) is 0 Å². The van der Waals surface area contributed by atoms with Gasteiger partial charge in [-0.15, -0.1) is 0 Å². The van der Waals surface area contributed by atoms with Crippen molar-refractivity contribution in [3.8, 4) is 11.3 Å². The quantitative estimate of drug-likeness (QED) is 0.715. The van der Waals surface area contributed by atoms with E-state index in [4.69, 9.17) is 0 Å². The van der Waals surface area contributed by atoms with Gasteiger partial charge >= 0.3 is 0 Å². The molecule has 3 aromatic rings. The van der Waals surface area contributed by atoms with E-state index in [2.05, 4.69) is 15.4 Å². The Kier molecular flexibility index (Phi) is 5.54. The number of carbonyl (C=O) groups excluding carboxylic acids is 1. The molecule has 0 saturated carbocycles. The first kappa shape index (κ1) is 19.0. The molecule has 0 fully saturated rings. The van der Waals surface area contributed by atoms with E-state index in [9.17, 15) is 9.18 Å². The number of halogens is 1. The summed E-state index contributed by atoms with van der Waals surface area (Å²) in [7, 11) is 0. The molecule has 0 saturated heterocycles. The Hall–Kier alpha value is -2.76. The van der Waals surface area contributed by atoms with E-state index < -0.39 is 0 Å². The lowest BCUT2D eigenvalue weighted by atomic mass is 10.1. The number of aromatic nitrogens is 3. The second-order valence-electron chi connectivity index (χ2n) is 6.95. The molecule has 1 amide bonds. The molecule has 142 valence electrons. The monoisotopic (exact) mass is 368 g/mol. The van der Waals surface area contributed by atoms with Crippen molar-refractivity contribution in [3.05, 3.63) is 53.1 Å². The zero-order valence-corrected chi connectivity index (χ0v) is 16.2. The summed E-state index contributed by atoms with van der Waals surface area (Å²) in [5, 5.41) is 7.59. The first-order chi connectivity index (χ1) is 12.9. The van der Waals surface area contributed by atoms with E-state index >= 15 is 0 Å². The minimum atomic E-state index is -0.293. The van der Waals surface area contributed by atoms with E-state index in [0.29, 0.717) is 24.1 Å². The average molecular weight is 368 g/mol. The molecule has 0 aliphatic carbocycles. The Bertz CT molecular complexity index is 980. The molecule has 6 heteroatoms. The van der Waals surface area contributed by atoms with Gasteiger partial charge in [0, 0.05) is 35.5 Å². The van der Waals surface area contributed by atoms with Crippen LogP contribution in [0.2, 0.25) is 0 Å². The Labute approximate surface area is 158 Å². The highest BCUT2D eigenvalue weighted by atomic mass is 19.1. The van der Waals surface area contributed by atoms with Gasteiger partial charge in [-0.25, -0.2) is 13.9 Å². The van der Waals surface area contributed by atoms with Crippen molar-refractivity contribution >= 4 is 11.6 Å². The predicted octanol–water partition coefficient (Wildman–Crippen LogP) is 4.00. The SMILES string of the molecule is CCC(C)NC(=O)CCc1c(C)nc2cc(-c3cccc(F)c3)nn2c1C. The third-order valence-corrected chi connectivity index (χ3v) is 4.91. The lowest BCUT2D eigenvalue weighted by Crippen LogP contribution is -2.32. The number of carbonyl (C=O) groups is 1. The molecule has 2 aromatic heterocycles. The van der Waals surface area contributed by atoms with Gasteiger partial charge in [-0.1, -0.05) is 19.1 Å². The Morgan fingerprint density at radius 3 is 2.78 bits per heavy atom. The summed E-state index contributed by atoms with van der Waals surface area (Å²) in [6, 6.07) is 8.41. The molecule has 1 unspecified atom stereocenters. The molecule has 0 aliphatic rings. The Morgan fingerprint density at radius 1 is 1.30 bits per heavy atom. The van der Waals surface area contributed by atoms with Gasteiger partial charge in [0.2, 0.25) is 5.91 Å². The number of hydrogen-bond acceptors (Lipinski definition) is 3. The molecular formula is C21H25FN4O. The van der Waals surface area contributed by atoms with Gasteiger partial charge in [-0.3, -0.25) is 4.79 Å². The van der Waals surface area contributed by atoms with Crippen LogP contribution in [-0.4, -0.2) is 26.5 Å². The van der Waals surface area contributed by atoms with Crippen LogP contribution in [-0.2, 0) is 11.2 Å². The number of amides is 1. The summed E-state index contributed by atoms with van der Waals surface area (Å²) in [6.07, 6.45) is 1.93. The molecule has 0 radical (unpaired) electrons. The second-order valence-corrected chi connectivity index (χ2v) is 6.95. The zero-order chi connectivity index (χ0) is 19.6. The molecule has 1 aromatic carbocycles. The number of aryl methyl sites for hydroxylation is 2. The summed E-state index contributed by atoms with van der Waals surface area (Å²) >= 11 is 0. The maximum atomic E-state index is 13.5. The van der Waals surface area contributed by atoms with Crippen LogP contribution >= 0.6 is 0 Å². The summed E-state index contributed by atoms with van der Waals surface area (Å²) in [5.74, 6) is -0.248. The highest BCUT2D eigenvalue weighted by Gasteiger charge is 2.15. The first-order valence-electron chi connectivity index (χ1n) is 9.30. The van der Waals surface area contributed by atoms with Crippen LogP contribution < -0.4 is 5.32 Å². The van der Waals surface area contributed by atoms with E-state index in [1.807, 2.05) is 39.8 Å². The van der Waals surface area contributed by atoms with Crippen molar-refractivity contribution in [2.75, 3.05) is 0 Å². The van der Waals surface area contributed by atoms with Crippen molar-refractivity contribution in [1.82, 2.24) is 19.9 Å². The summed E-state index contributed by atoms with van der Waals surface area (Å²) in [5.41, 5.74) is 4.98. The number of rotatable bonds is 6. The van der Waals surface area contributed by atoms with E-state index in [1.165, 1.54) is 12.1 Å². The molecule has 1 atom stereocenters. The van der Waals surface area contributed by atoms with Crippen LogP contribution in [0.25, 0.3) is 16.9 Å². The standard InChI is InChI=1S/C21H25FN4O/c1-5-13(2)23-21(27)10-9-18-14(3)24-20-12-19(25-26(20)15(18)4)16-7-6-8-17(22)11-16/h6-8,11-13H,5,9-10H2,1-4H3,(H,23,27). The van der Waals surface area contributed by atoms with Crippen LogP contribution in [0.3, 0.4) is 0 Å². The molecule has 5 nitrogen and oxygen atoms in total. The predicted molar refractivity (Wildman–Crippen MR) is 104 cm³/mol. The fourth-order valence-corrected chi connectivity index (χ4v) is 3.16. The number of nitrogens with one attached hydrogen (secondary N) is 1. The van der Waals surface area contributed by atoms with Crippen LogP contribution in [0.5, 0.6) is 0 Å². The minimum absolute atomic E-state index is 0.0455. The Morgan fingerprint density at radius 2 is 2.07 bits per heavy atom. The Balaban J connectivity index is 1.88. The van der Waals surface area contributed by atoms with Gasteiger partial charge in [-0.05, 0) is 51.3 Å². The van der Waals surface area contributed by atoms with Gasteiger partial charge in [0.15, 0.2) is 5.65 Å². The van der Waals surface area contributed by atoms with Gasteiger partial charge in [0.1, 0.15) is 5.82 Å². The molecule has 27 heavy (non-hydrogen) atoms. The molecule has 0 spiro atoms. The van der Waals surface area contributed by atoms with Crippen LogP contribution in [0.15, 0.2) is 30.3 Å². The zero-order valence-electron chi connectivity index (χ0n) is 16.2. The largest absolute Gasteiger partial charge is 0.354 e. The molecule has 3 rings (SSSR count). The van der Waals surface area contributed by atoms with Gasteiger partial charge in [0.05, 0.1) is 5.69 Å². The molecule has 1 N–H and O–H groups in total. The first-order valence-corrected chi connectivity index (χ1v) is 9.30. The lowest BCUT2D eigenvalue weighted by Gasteiger charge is -2.13. The van der Waals surface area contributed by atoms with Crippen LogP contribution in [0.1, 0.15) is 43.6 Å². The average Bonchev–Trinajstić information content (AvgIpc) is 3.05. The van der Waals surface area contributed by atoms with E-state index in [-0.39, 0.29) is 17.8 Å². The molecule has 2 heterocycles. The summed E-state index contributed by atoms with van der Waals surface area (Å²) in [4.78, 5) is 16.7. The smallest absolute Gasteiger partial charge is 0.220 e. The van der Waals surface area contributed by atoms with Crippen LogP contribution in [0.4, 0.5) is 4.39 Å². The highest BCUT2D eigenvalue weighted by Crippen LogP contribution is 2.23. The number of fused-ring (bicyclic) bond motifs is 1. The number of benzene rings is 1. The third kappa shape index (κ3) is 4.15. The maximum Gasteiger partial charge on any atom is 0.220 e. The molecular weight excluding hydrogens is 343 g/mol. The lowest BCUT2D eigenvalue weighted by molar-refractivity contribution is -0.121. The van der Waals surface area contributed by atoms with Crippen molar-refractivity contribution < 1.29 is 9.18 Å². The van der Waals surface area contributed by atoms with Crippen molar-refractivity contribution in [1.29, 1.82) is 0 Å². The van der Waals surface area contributed by atoms with Gasteiger partial charge in [-0.2, -0.15) is 5.10 Å². The highest BCUT2D eigenvalue weighted by molar-refractivity contribution is 5.76. The fourth-order valence-electron chi connectivity index (χ4n) is 3.16. The summed E-state index contributed by atoms with van der Waals surface area (Å²) in [6.45, 7) is 7.97. The van der Waals surface area contributed by atoms with Gasteiger partial charge < -0.3 is 5.32 Å². The fraction of sp³-hybridized carbons (Fsp3) is 0.381. The van der Waals surface area contributed by atoms with E-state index in [0.717, 1.165) is 29.0 Å².